The number of imidazole rings is 2. The van der Waals surface area contributed by atoms with Crippen molar-refractivity contribution in [2.75, 3.05) is 0 Å². The normalized spacial score (nSPS) is 11.8. The Kier molecular flexibility index (Phi) is 14.8. The molecule has 0 radical (unpaired) electrons. The van der Waals surface area contributed by atoms with Crippen LogP contribution >= 0.6 is 0 Å². The van der Waals surface area contributed by atoms with Crippen LogP contribution in [0, 0.1) is 13.8 Å². The number of hydrogen-bond donors (Lipinski definition) is 2. The third-order valence-corrected chi connectivity index (χ3v) is 15.6. The van der Waals surface area contributed by atoms with E-state index in [1.807, 2.05) is 74.0 Å². The van der Waals surface area contributed by atoms with E-state index in [9.17, 15) is 10.2 Å². The van der Waals surface area contributed by atoms with E-state index in [-0.39, 0.29) is 64.5 Å². The van der Waals surface area contributed by atoms with Crippen LogP contribution in [0.4, 0.5) is 0 Å². The molecule has 0 fully saturated rings. The summed E-state index contributed by atoms with van der Waals surface area (Å²) in [7, 11) is 2.05. The molecule has 10 nitrogen and oxygen atoms in total. The Labute approximate surface area is 510 Å². The molecule has 6 aromatic heterocycles. The number of phenols is 2. The maximum Gasteiger partial charge on any atom is 0.144 e. The number of aromatic hydroxyl groups is 2. The third-order valence-electron chi connectivity index (χ3n) is 15.6. The molecule has 0 aliphatic carbocycles. The van der Waals surface area contributed by atoms with Gasteiger partial charge in [0.2, 0.25) is 0 Å². The Morgan fingerprint density at radius 3 is 1.60 bits per heavy atom. The SMILES string of the molecule is Cc1cc(C)cc(-c2cc(-c3cccc4c3nc(-c3cc(C(C)(C)C)cc5cc[n-]c35)n4-c3ccccc3)nc3c(O)cccc23)c1.Cn1c(-c2cc(C(C)(C)C)cc3cc[n-]c23)nc2c(-c3ccc4cccc(O)c4n3)cccc21.[Pt].[Pt]. The first-order valence-electron chi connectivity index (χ1n) is 27.4. The molecular weight excluding hydrogens is 1390 g/mol. The predicted octanol–water partition coefficient (Wildman–Crippen LogP) is 16.9. The minimum atomic E-state index is -0.0590. The van der Waals surface area contributed by atoms with Crippen molar-refractivity contribution >= 4 is 65.7 Å². The first kappa shape index (κ1) is 56.4. The minimum absolute atomic E-state index is 0. The van der Waals surface area contributed by atoms with Gasteiger partial charge in [-0.15, -0.1) is 11.0 Å². The van der Waals surface area contributed by atoms with Crippen LogP contribution in [0.1, 0.15) is 63.8 Å². The molecule has 0 amide bonds. The summed E-state index contributed by atoms with van der Waals surface area (Å²) in [6, 6.07) is 59.6. The molecule has 0 spiro atoms. The molecule has 0 aliphatic heterocycles. The zero-order valence-electron chi connectivity index (χ0n) is 47.5. The number of fused-ring (bicyclic) bond motifs is 6. The van der Waals surface area contributed by atoms with Gasteiger partial charge in [0.25, 0.3) is 0 Å². The van der Waals surface area contributed by atoms with Crippen LogP contribution in [0.25, 0.3) is 128 Å². The predicted molar refractivity (Wildman–Crippen MR) is 331 cm³/mol. The first-order valence-corrected chi connectivity index (χ1v) is 27.4. The van der Waals surface area contributed by atoms with Crippen LogP contribution in [-0.4, -0.2) is 39.3 Å². The molecule has 14 aromatic rings. The Morgan fingerprint density at radius 1 is 0.422 bits per heavy atom. The number of benzene rings is 8. The number of rotatable bonds is 6. The van der Waals surface area contributed by atoms with E-state index >= 15 is 0 Å². The standard InChI is InChI=1S/C42H35N4O.C29H25N4O.2Pt/c1-25-19-26(2)21-28(20-25)33-24-35(44-40-31(33)13-10-16-37(40)47)32-14-9-15-36-39(32)45-41(46(36)30-11-7-6-8-12-30)34-23-29(42(3,4)5)22-27-17-18-43-38(27)34;1-29(2,3)19-15-18-13-14-30-25(18)21(16-19)28-32-27-20(8-6-9-23(27)33(28)4)22-12-11-17-7-5-10-24(34)26(17)31-22;;/h6-24H,1-5H3,(H-,43,44,45,47);5-16H,1-4H3,(H-,30,31,32,34);;/q2*-1;;. The molecule has 14 rings (SSSR count). The summed E-state index contributed by atoms with van der Waals surface area (Å²) >= 11 is 0. The van der Waals surface area contributed by atoms with Gasteiger partial charge in [-0.3, -0.25) is 4.57 Å². The number of phenolic OH excluding ortho intramolecular Hbond substituents is 2. The van der Waals surface area contributed by atoms with Crippen LogP contribution in [0.5, 0.6) is 11.5 Å². The van der Waals surface area contributed by atoms with Crippen LogP contribution in [0.2, 0.25) is 0 Å². The van der Waals surface area contributed by atoms with Crippen molar-refractivity contribution in [3.63, 3.8) is 0 Å². The van der Waals surface area contributed by atoms with Gasteiger partial charge in [-0.05, 0) is 118 Å². The van der Waals surface area contributed by atoms with Crippen LogP contribution in [0.15, 0.2) is 188 Å². The second-order valence-electron chi connectivity index (χ2n) is 23.4. The topological polar surface area (TPSA) is 130 Å². The molecule has 0 unspecified atom stereocenters. The number of hydrogen-bond acceptors (Lipinski definition) is 6. The number of aromatic nitrogens is 8. The van der Waals surface area contributed by atoms with Crippen molar-refractivity contribution in [1.29, 1.82) is 0 Å². The van der Waals surface area contributed by atoms with Crippen molar-refractivity contribution in [1.82, 2.24) is 39.0 Å². The van der Waals surface area contributed by atoms with Crippen LogP contribution in [-0.2, 0) is 60.0 Å². The Hall–Kier alpha value is -8.42. The molecule has 2 N–H and O–H groups in total. The van der Waals surface area contributed by atoms with Gasteiger partial charge in [-0.1, -0.05) is 168 Å². The molecule has 12 heteroatoms. The molecule has 0 aliphatic rings. The van der Waals surface area contributed by atoms with Gasteiger partial charge >= 0.3 is 0 Å². The quantitative estimate of drug-likeness (QED) is 0.168. The number of pyridine rings is 2. The zero-order valence-corrected chi connectivity index (χ0v) is 52.0. The Balaban J connectivity index is 0.000000178. The Morgan fingerprint density at radius 2 is 0.964 bits per heavy atom. The monoisotopic (exact) mass is 1450 g/mol. The molecule has 0 saturated heterocycles. The van der Waals surface area contributed by atoms with Crippen molar-refractivity contribution in [3.05, 3.63) is 211 Å². The molecule has 6 heterocycles. The van der Waals surface area contributed by atoms with E-state index in [4.69, 9.17) is 24.9 Å². The van der Waals surface area contributed by atoms with E-state index in [2.05, 4.69) is 179 Å². The smallest absolute Gasteiger partial charge is 0.144 e. The number of aryl methyl sites for hydroxylation is 3. The third kappa shape index (κ3) is 10.2. The minimum Gasteiger partial charge on any atom is -0.663 e. The second-order valence-corrected chi connectivity index (χ2v) is 23.4. The first-order chi connectivity index (χ1) is 39.0. The van der Waals surface area contributed by atoms with Gasteiger partial charge in [0.1, 0.15) is 34.2 Å². The summed E-state index contributed by atoms with van der Waals surface area (Å²) in [6.07, 6.45) is 3.74. The van der Waals surface area contributed by atoms with E-state index in [0.29, 0.717) is 11.0 Å². The van der Waals surface area contributed by atoms with E-state index in [1.54, 1.807) is 12.1 Å². The average molecular weight is 1450 g/mol. The van der Waals surface area contributed by atoms with Gasteiger partial charge < -0.3 is 24.7 Å². The van der Waals surface area contributed by atoms with Gasteiger partial charge in [-0.25, -0.2) is 19.9 Å². The maximum atomic E-state index is 11.1. The largest absolute Gasteiger partial charge is 0.663 e. The van der Waals surface area contributed by atoms with E-state index < -0.39 is 0 Å². The van der Waals surface area contributed by atoms with Gasteiger partial charge in [0.05, 0.1) is 33.5 Å². The molecule has 83 heavy (non-hydrogen) atoms. The number of para-hydroxylation sites is 5. The van der Waals surface area contributed by atoms with Gasteiger partial charge in [-0.2, -0.15) is 12.4 Å². The summed E-state index contributed by atoms with van der Waals surface area (Å²) in [5.74, 6) is 2.03. The fourth-order valence-corrected chi connectivity index (χ4v) is 11.5. The Bertz CT molecular complexity index is 4780. The summed E-state index contributed by atoms with van der Waals surface area (Å²) in [6.45, 7) is 17.6. The van der Waals surface area contributed by atoms with Gasteiger partial charge in [0, 0.05) is 87.9 Å². The molecule has 8 aromatic carbocycles. The fourth-order valence-electron chi connectivity index (χ4n) is 11.5. The van der Waals surface area contributed by atoms with Crippen molar-refractivity contribution in [3.8, 4) is 73.6 Å². The molecule has 0 bridgehead atoms. The van der Waals surface area contributed by atoms with Crippen molar-refractivity contribution < 1.29 is 52.3 Å². The van der Waals surface area contributed by atoms with Crippen LogP contribution < -0.4 is 9.97 Å². The summed E-state index contributed by atoms with van der Waals surface area (Å²) in [4.78, 5) is 29.9. The molecule has 0 atom stereocenters. The average Bonchev–Trinajstić information content (AvgIpc) is 4.36. The summed E-state index contributed by atoms with van der Waals surface area (Å²) < 4.78 is 4.37. The summed E-state index contributed by atoms with van der Waals surface area (Å²) in [5, 5.41) is 25.4. The fraction of sp³-hybridized carbons (Fsp3) is 0.155. The second kappa shape index (κ2) is 21.7. The van der Waals surface area contributed by atoms with Gasteiger partial charge in [0.15, 0.2) is 0 Å². The number of nitrogens with zero attached hydrogens (tertiary/aromatic N) is 8. The molecule has 418 valence electrons. The zero-order chi connectivity index (χ0) is 56.1. The van der Waals surface area contributed by atoms with E-state index in [1.165, 1.54) is 22.3 Å². The van der Waals surface area contributed by atoms with Crippen molar-refractivity contribution in [2.24, 2.45) is 7.05 Å². The molecular formula is C71H60N8O2Pt2-2. The van der Waals surface area contributed by atoms with Crippen molar-refractivity contribution in [2.45, 2.75) is 66.2 Å². The van der Waals surface area contributed by atoms with E-state index in [0.717, 1.165) is 117 Å². The summed E-state index contributed by atoms with van der Waals surface area (Å²) in [5.41, 5.74) is 20.1. The molecule has 0 saturated carbocycles. The van der Waals surface area contributed by atoms with Crippen LogP contribution in [0.3, 0.4) is 0 Å². The maximum absolute atomic E-state index is 11.1.